The van der Waals surface area contributed by atoms with Gasteiger partial charge in [0, 0.05) is 6.04 Å². The molecule has 1 aromatic carbocycles. The zero-order valence-corrected chi connectivity index (χ0v) is 12.4. The zero-order valence-electron chi connectivity index (χ0n) is 10.0. The summed E-state index contributed by atoms with van der Waals surface area (Å²) in [6.07, 6.45) is 0.595. The van der Waals surface area contributed by atoms with E-state index in [1.165, 1.54) is 12.1 Å². The van der Waals surface area contributed by atoms with E-state index in [0.29, 0.717) is 12.8 Å². The first-order chi connectivity index (χ1) is 8.80. The summed E-state index contributed by atoms with van der Waals surface area (Å²) in [6.45, 7) is 0. The molecule has 8 heteroatoms. The van der Waals surface area contributed by atoms with Crippen LogP contribution in [0.4, 0.5) is 0 Å². The topological polar surface area (TPSA) is 80.3 Å². The number of benzene rings is 1. The molecule has 0 aromatic heterocycles. The molecule has 106 valence electrons. The Morgan fingerprint density at radius 1 is 1.16 bits per heavy atom. The Kier molecular flexibility index (Phi) is 4.20. The Bertz CT molecular complexity index is 656. The maximum Gasteiger partial charge on any atom is 0.242 e. The molecule has 0 bridgehead atoms. The number of sulfonamides is 1. The summed E-state index contributed by atoms with van der Waals surface area (Å²) in [6, 6.07) is 5.80. The minimum Gasteiger partial charge on any atom is -0.229 e. The molecule has 0 unspecified atom stereocenters. The molecule has 5 nitrogen and oxygen atoms in total. The summed E-state index contributed by atoms with van der Waals surface area (Å²) in [5, 5.41) is 0.151. The van der Waals surface area contributed by atoms with E-state index in [1.807, 2.05) is 0 Å². The van der Waals surface area contributed by atoms with Crippen LogP contribution in [-0.2, 0) is 19.9 Å². The number of halogens is 1. The number of hydrogen-bond donors (Lipinski definition) is 1. The summed E-state index contributed by atoms with van der Waals surface area (Å²) in [4.78, 5) is 0.0186. The maximum absolute atomic E-state index is 12.1. The molecule has 1 heterocycles. The second-order valence-electron chi connectivity index (χ2n) is 4.48. The minimum absolute atomic E-state index is 0.0166. The lowest BCUT2D eigenvalue weighted by Gasteiger charge is -2.23. The molecule has 1 aliphatic heterocycles. The van der Waals surface area contributed by atoms with Crippen molar-refractivity contribution in [3.8, 4) is 0 Å². The molecule has 1 aliphatic rings. The first-order valence-corrected chi connectivity index (χ1v) is 9.46. The van der Waals surface area contributed by atoms with Crippen molar-refractivity contribution in [2.45, 2.75) is 23.8 Å². The predicted octanol–water partition coefficient (Wildman–Crippen LogP) is 1.20. The molecule has 0 amide bonds. The van der Waals surface area contributed by atoms with Crippen LogP contribution in [-0.4, -0.2) is 34.4 Å². The van der Waals surface area contributed by atoms with E-state index in [4.69, 9.17) is 11.6 Å². The van der Waals surface area contributed by atoms with Crippen molar-refractivity contribution >= 4 is 31.5 Å². The number of rotatable bonds is 3. The summed E-state index contributed by atoms with van der Waals surface area (Å²) < 4.78 is 49.4. The van der Waals surface area contributed by atoms with E-state index in [-0.39, 0.29) is 27.5 Å². The third-order valence-corrected chi connectivity index (χ3v) is 6.74. The highest BCUT2D eigenvalue weighted by molar-refractivity contribution is 7.91. The van der Waals surface area contributed by atoms with Crippen LogP contribution >= 0.6 is 11.6 Å². The Labute approximate surface area is 117 Å². The molecule has 1 N–H and O–H groups in total. The van der Waals surface area contributed by atoms with Gasteiger partial charge in [0.15, 0.2) is 0 Å². The van der Waals surface area contributed by atoms with Crippen molar-refractivity contribution in [2.24, 2.45) is 0 Å². The quantitative estimate of drug-likeness (QED) is 0.906. The lowest BCUT2D eigenvalue weighted by Crippen LogP contribution is -2.40. The molecule has 0 aliphatic carbocycles. The van der Waals surface area contributed by atoms with Crippen molar-refractivity contribution < 1.29 is 16.8 Å². The van der Waals surface area contributed by atoms with Crippen molar-refractivity contribution in [3.05, 3.63) is 29.3 Å². The Balaban J connectivity index is 2.13. The van der Waals surface area contributed by atoms with Crippen LogP contribution in [0.2, 0.25) is 5.02 Å². The van der Waals surface area contributed by atoms with Gasteiger partial charge in [-0.2, -0.15) is 0 Å². The van der Waals surface area contributed by atoms with Gasteiger partial charge in [-0.15, -0.1) is 0 Å². The van der Waals surface area contributed by atoms with E-state index in [1.54, 1.807) is 12.1 Å². The predicted molar refractivity (Wildman–Crippen MR) is 73.4 cm³/mol. The molecule has 0 atom stereocenters. The van der Waals surface area contributed by atoms with Gasteiger partial charge in [0.05, 0.1) is 16.5 Å². The molecular formula is C11H14ClNO4S2. The average Bonchev–Trinajstić information content (AvgIpc) is 2.32. The average molecular weight is 324 g/mol. The van der Waals surface area contributed by atoms with Crippen LogP contribution in [0.15, 0.2) is 29.2 Å². The van der Waals surface area contributed by atoms with Crippen molar-refractivity contribution in [3.63, 3.8) is 0 Å². The molecule has 19 heavy (non-hydrogen) atoms. The normalized spacial score (nSPS) is 20.3. The first kappa shape index (κ1) is 14.8. The van der Waals surface area contributed by atoms with Crippen LogP contribution in [0.5, 0.6) is 0 Å². The molecule has 0 radical (unpaired) electrons. The van der Waals surface area contributed by atoms with Gasteiger partial charge in [0.1, 0.15) is 14.7 Å². The highest BCUT2D eigenvalue weighted by atomic mass is 35.5. The van der Waals surface area contributed by atoms with Crippen molar-refractivity contribution in [2.75, 3.05) is 11.5 Å². The second kappa shape index (κ2) is 5.40. The number of hydrogen-bond acceptors (Lipinski definition) is 4. The molecule has 2 rings (SSSR count). The highest BCUT2D eigenvalue weighted by Crippen LogP contribution is 2.22. The van der Waals surface area contributed by atoms with Gasteiger partial charge in [-0.3, -0.25) is 0 Å². The molecule has 0 saturated carbocycles. The standard InChI is InChI=1S/C11H14ClNO4S2/c12-10-3-1-2-4-11(10)19(16,17)13-9-5-7-18(14,15)8-6-9/h1-4,9,13H,5-8H2. The first-order valence-electron chi connectivity index (χ1n) is 5.77. The zero-order chi connectivity index (χ0) is 14.1. The maximum atomic E-state index is 12.1. The van der Waals surface area contributed by atoms with E-state index < -0.39 is 19.9 Å². The third-order valence-electron chi connectivity index (χ3n) is 3.00. The van der Waals surface area contributed by atoms with Gasteiger partial charge in [-0.1, -0.05) is 23.7 Å². The SMILES string of the molecule is O=S1(=O)CCC(NS(=O)(=O)c2ccccc2Cl)CC1. The molecule has 1 saturated heterocycles. The summed E-state index contributed by atoms with van der Waals surface area (Å²) in [5.41, 5.74) is 0. The van der Waals surface area contributed by atoms with Gasteiger partial charge in [-0.05, 0) is 25.0 Å². The number of nitrogens with one attached hydrogen (secondary N) is 1. The van der Waals surface area contributed by atoms with Gasteiger partial charge >= 0.3 is 0 Å². The fraction of sp³-hybridized carbons (Fsp3) is 0.455. The van der Waals surface area contributed by atoms with Gasteiger partial charge in [-0.25, -0.2) is 21.6 Å². The lowest BCUT2D eigenvalue weighted by atomic mass is 10.2. The molecule has 1 fully saturated rings. The van der Waals surface area contributed by atoms with Crippen molar-refractivity contribution in [1.29, 1.82) is 0 Å². The minimum atomic E-state index is -3.70. The molecule has 0 spiro atoms. The largest absolute Gasteiger partial charge is 0.242 e. The smallest absolute Gasteiger partial charge is 0.229 e. The van der Waals surface area contributed by atoms with Crippen LogP contribution in [0, 0.1) is 0 Å². The van der Waals surface area contributed by atoms with Crippen LogP contribution in [0.3, 0.4) is 0 Å². The fourth-order valence-electron chi connectivity index (χ4n) is 1.95. The summed E-state index contributed by atoms with van der Waals surface area (Å²) in [5.74, 6) is 0.0332. The van der Waals surface area contributed by atoms with Gasteiger partial charge in [0.25, 0.3) is 0 Å². The van der Waals surface area contributed by atoms with E-state index >= 15 is 0 Å². The van der Waals surface area contributed by atoms with E-state index in [2.05, 4.69) is 4.72 Å². The highest BCUT2D eigenvalue weighted by Gasteiger charge is 2.28. The lowest BCUT2D eigenvalue weighted by molar-refractivity contribution is 0.505. The van der Waals surface area contributed by atoms with Crippen LogP contribution in [0.25, 0.3) is 0 Å². The monoisotopic (exact) mass is 323 g/mol. The molecule has 1 aromatic rings. The van der Waals surface area contributed by atoms with E-state index in [9.17, 15) is 16.8 Å². The number of sulfone groups is 1. The fourth-order valence-corrected chi connectivity index (χ4v) is 5.27. The summed E-state index contributed by atoms with van der Waals surface area (Å²) >= 11 is 5.86. The Morgan fingerprint density at radius 3 is 2.32 bits per heavy atom. The third kappa shape index (κ3) is 3.68. The van der Waals surface area contributed by atoms with Gasteiger partial charge < -0.3 is 0 Å². The Morgan fingerprint density at radius 2 is 1.74 bits per heavy atom. The van der Waals surface area contributed by atoms with E-state index in [0.717, 1.165) is 0 Å². The van der Waals surface area contributed by atoms with Crippen LogP contribution < -0.4 is 4.72 Å². The summed E-state index contributed by atoms with van der Waals surface area (Å²) in [7, 11) is -6.71. The van der Waals surface area contributed by atoms with Gasteiger partial charge in [0.2, 0.25) is 10.0 Å². The Hall–Kier alpha value is -0.630. The molecular weight excluding hydrogens is 310 g/mol. The second-order valence-corrected chi connectivity index (χ2v) is 8.87. The van der Waals surface area contributed by atoms with Crippen molar-refractivity contribution in [1.82, 2.24) is 4.72 Å². The van der Waals surface area contributed by atoms with Crippen LogP contribution in [0.1, 0.15) is 12.8 Å².